The number of carbonyl (C=O) groups is 1. The number of hydrogen-bond donors (Lipinski definition) is 1. The Kier molecular flexibility index (Phi) is 5.00. The van der Waals surface area contributed by atoms with Gasteiger partial charge in [-0.15, -0.1) is 0 Å². The lowest BCUT2D eigenvalue weighted by Crippen LogP contribution is -2.45. The van der Waals surface area contributed by atoms with E-state index in [1.54, 1.807) is 23.1 Å². The van der Waals surface area contributed by atoms with E-state index < -0.39 is 10.0 Å². The lowest BCUT2D eigenvalue weighted by molar-refractivity contribution is -0.136. The van der Waals surface area contributed by atoms with Crippen molar-refractivity contribution in [2.24, 2.45) is 5.92 Å². The van der Waals surface area contributed by atoms with Crippen LogP contribution in [0.1, 0.15) is 25.8 Å². The second kappa shape index (κ2) is 6.57. The normalized spacial score (nSPS) is 21.2. The molecule has 0 saturated carbocycles. The zero-order valence-electron chi connectivity index (χ0n) is 12.4. The summed E-state index contributed by atoms with van der Waals surface area (Å²) in [5, 5.41) is 4.10. The van der Waals surface area contributed by atoms with Gasteiger partial charge >= 0.3 is 0 Å². The van der Waals surface area contributed by atoms with Gasteiger partial charge in [-0.3, -0.25) is 9.48 Å². The van der Waals surface area contributed by atoms with Gasteiger partial charge in [0.2, 0.25) is 15.9 Å². The molecule has 1 aliphatic rings. The van der Waals surface area contributed by atoms with Gasteiger partial charge in [0.25, 0.3) is 0 Å². The zero-order valence-corrected chi connectivity index (χ0v) is 13.2. The first-order chi connectivity index (χ1) is 9.87. The Labute approximate surface area is 125 Å². The Balaban J connectivity index is 1.92. The summed E-state index contributed by atoms with van der Waals surface area (Å²) in [4.78, 5) is 14.3. The Morgan fingerprint density at radius 2 is 2.29 bits per heavy atom. The molecule has 1 aliphatic heterocycles. The minimum absolute atomic E-state index is 0.0303. The molecule has 8 heteroatoms. The summed E-state index contributed by atoms with van der Waals surface area (Å²) in [7, 11) is -3.18. The van der Waals surface area contributed by atoms with Crippen molar-refractivity contribution in [1.82, 2.24) is 19.4 Å². The van der Waals surface area contributed by atoms with E-state index in [1.807, 2.05) is 11.8 Å². The highest BCUT2D eigenvalue weighted by molar-refractivity contribution is 7.88. The van der Waals surface area contributed by atoms with Crippen molar-refractivity contribution in [2.75, 3.05) is 25.9 Å². The summed E-state index contributed by atoms with van der Waals surface area (Å²) in [6, 6.07) is 1.46. The maximum Gasteiger partial charge on any atom is 0.247 e. The smallest absolute Gasteiger partial charge is 0.247 e. The average Bonchev–Trinajstić information content (AvgIpc) is 2.97. The first-order valence-electron chi connectivity index (χ1n) is 7.09. The van der Waals surface area contributed by atoms with Gasteiger partial charge in [-0.2, -0.15) is 5.10 Å². The van der Waals surface area contributed by atoms with Gasteiger partial charge < -0.3 is 4.90 Å². The Bertz CT molecular complexity index is 570. The number of hydrogen-bond acceptors (Lipinski definition) is 4. The van der Waals surface area contributed by atoms with Crippen molar-refractivity contribution >= 4 is 15.9 Å². The molecule has 1 amide bonds. The molecule has 2 heterocycles. The van der Waals surface area contributed by atoms with Crippen LogP contribution < -0.4 is 4.72 Å². The van der Waals surface area contributed by atoms with Gasteiger partial charge in [0.1, 0.15) is 6.04 Å². The molecule has 0 aromatic carbocycles. The fraction of sp³-hybridized carbons (Fsp3) is 0.692. The van der Waals surface area contributed by atoms with E-state index in [0.717, 1.165) is 25.6 Å². The maximum atomic E-state index is 12.5. The SMILES string of the molecule is C[C@@H](C(=O)N1CCC[C@@H](CNS(C)(=O)=O)C1)n1cccn1. The van der Waals surface area contributed by atoms with Crippen molar-refractivity contribution in [3.8, 4) is 0 Å². The van der Waals surface area contributed by atoms with Crippen molar-refractivity contribution < 1.29 is 13.2 Å². The zero-order chi connectivity index (χ0) is 15.5. The highest BCUT2D eigenvalue weighted by Crippen LogP contribution is 2.19. The standard InChI is InChI=1S/C13H22N4O3S/c1-11(17-8-4-6-14-17)13(18)16-7-3-5-12(10-16)9-15-21(2,19)20/h4,6,8,11-12,15H,3,5,7,9-10H2,1-2H3/t11-,12-/m0/s1. The molecule has 118 valence electrons. The Morgan fingerprint density at radius 3 is 2.90 bits per heavy atom. The largest absolute Gasteiger partial charge is 0.341 e. The molecule has 1 aromatic rings. The third kappa shape index (κ3) is 4.53. The Morgan fingerprint density at radius 1 is 1.52 bits per heavy atom. The molecule has 0 radical (unpaired) electrons. The topological polar surface area (TPSA) is 84.3 Å². The molecule has 1 N–H and O–H groups in total. The van der Waals surface area contributed by atoms with Crippen LogP contribution in [0.5, 0.6) is 0 Å². The molecule has 1 saturated heterocycles. The van der Waals surface area contributed by atoms with Gasteiger partial charge in [-0.05, 0) is 31.7 Å². The van der Waals surface area contributed by atoms with Crippen LogP contribution in [0.3, 0.4) is 0 Å². The molecule has 0 aliphatic carbocycles. The number of amides is 1. The summed E-state index contributed by atoms with van der Waals surface area (Å²) in [5.41, 5.74) is 0. The molecule has 7 nitrogen and oxygen atoms in total. The van der Waals surface area contributed by atoms with E-state index in [0.29, 0.717) is 13.1 Å². The number of likely N-dealkylation sites (tertiary alicyclic amines) is 1. The van der Waals surface area contributed by atoms with Crippen LogP contribution in [0.4, 0.5) is 0 Å². The third-order valence-corrected chi connectivity index (χ3v) is 4.43. The first-order valence-corrected chi connectivity index (χ1v) is 8.98. The van der Waals surface area contributed by atoms with E-state index in [2.05, 4.69) is 9.82 Å². The van der Waals surface area contributed by atoms with E-state index in [9.17, 15) is 13.2 Å². The molecule has 1 aromatic heterocycles. The third-order valence-electron chi connectivity index (χ3n) is 3.74. The fourth-order valence-electron chi connectivity index (χ4n) is 2.59. The van der Waals surface area contributed by atoms with Gasteiger partial charge in [-0.1, -0.05) is 0 Å². The van der Waals surface area contributed by atoms with Crippen LogP contribution in [0.2, 0.25) is 0 Å². The number of nitrogens with one attached hydrogen (secondary N) is 1. The van der Waals surface area contributed by atoms with Crippen molar-refractivity contribution in [1.29, 1.82) is 0 Å². The van der Waals surface area contributed by atoms with Gasteiger partial charge in [0.15, 0.2) is 0 Å². The highest BCUT2D eigenvalue weighted by atomic mass is 32.2. The van der Waals surface area contributed by atoms with Gasteiger partial charge in [0, 0.05) is 32.0 Å². The monoisotopic (exact) mass is 314 g/mol. The molecular formula is C13H22N4O3S. The molecule has 2 rings (SSSR count). The van der Waals surface area contributed by atoms with Crippen LogP contribution in [0, 0.1) is 5.92 Å². The van der Waals surface area contributed by atoms with E-state index >= 15 is 0 Å². The Hall–Kier alpha value is -1.41. The number of nitrogens with zero attached hydrogens (tertiary/aromatic N) is 3. The van der Waals surface area contributed by atoms with E-state index in [4.69, 9.17) is 0 Å². The molecule has 0 bridgehead atoms. The second-order valence-electron chi connectivity index (χ2n) is 5.58. The molecule has 1 fully saturated rings. The molecule has 21 heavy (non-hydrogen) atoms. The summed E-state index contributed by atoms with van der Waals surface area (Å²) in [6.45, 7) is 3.53. The number of aromatic nitrogens is 2. The summed E-state index contributed by atoms with van der Waals surface area (Å²) in [5.74, 6) is 0.199. The maximum absolute atomic E-state index is 12.5. The minimum Gasteiger partial charge on any atom is -0.341 e. The number of piperidine rings is 1. The fourth-order valence-corrected chi connectivity index (χ4v) is 3.13. The minimum atomic E-state index is -3.18. The lowest BCUT2D eigenvalue weighted by atomic mass is 9.98. The van der Waals surface area contributed by atoms with Crippen LogP contribution in [-0.4, -0.2) is 54.9 Å². The van der Waals surface area contributed by atoms with Gasteiger partial charge in [-0.25, -0.2) is 13.1 Å². The average molecular weight is 314 g/mol. The van der Waals surface area contributed by atoms with E-state index in [1.165, 1.54) is 0 Å². The second-order valence-corrected chi connectivity index (χ2v) is 7.41. The summed E-state index contributed by atoms with van der Waals surface area (Å²) < 4.78 is 26.5. The molecule has 2 atom stereocenters. The van der Waals surface area contributed by atoms with Gasteiger partial charge in [0.05, 0.1) is 6.26 Å². The molecular weight excluding hydrogens is 292 g/mol. The highest BCUT2D eigenvalue weighted by Gasteiger charge is 2.28. The van der Waals surface area contributed by atoms with Crippen molar-refractivity contribution in [3.05, 3.63) is 18.5 Å². The number of sulfonamides is 1. The van der Waals surface area contributed by atoms with Crippen LogP contribution in [0.15, 0.2) is 18.5 Å². The molecule has 0 unspecified atom stereocenters. The summed E-state index contributed by atoms with van der Waals surface area (Å²) >= 11 is 0. The van der Waals surface area contributed by atoms with E-state index in [-0.39, 0.29) is 17.9 Å². The van der Waals surface area contributed by atoms with Crippen LogP contribution in [0.25, 0.3) is 0 Å². The molecule has 0 spiro atoms. The summed E-state index contributed by atoms with van der Waals surface area (Å²) in [6.07, 6.45) is 6.41. The number of rotatable bonds is 5. The quantitative estimate of drug-likeness (QED) is 0.843. The van der Waals surface area contributed by atoms with Crippen LogP contribution >= 0.6 is 0 Å². The predicted octanol–water partition coefficient (Wildman–Crippen LogP) is 0.232. The van der Waals surface area contributed by atoms with Crippen molar-refractivity contribution in [3.63, 3.8) is 0 Å². The number of carbonyl (C=O) groups excluding carboxylic acids is 1. The lowest BCUT2D eigenvalue weighted by Gasteiger charge is -2.34. The first kappa shape index (κ1) is 16.0. The van der Waals surface area contributed by atoms with Crippen LogP contribution in [-0.2, 0) is 14.8 Å². The van der Waals surface area contributed by atoms with Crippen molar-refractivity contribution in [2.45, 2.75) is 25.8 Å². The predicted molar refractivity (Wildman–Crippen MR) is 79.1 cm³/mol.